The van der Waals surface area contributed by atoms with Gasteiger partial charge in [0.15, 0.2) is 5.82 Å². The molecule has 0 fully saturated rings. The smallest absolute Gasteiger partial charge is 0.155 e. The van der Waals surface area contributed by atoms with Crippen molar-refractivity contribution in [1.82, 2.24) is 20.2 Å². The molecule has 3 aromatic rings. The minimum absolute atomic E-state index is 0.218. The first kappa shape index (κ1) is 15.4. The van der Waals surface area contributed by atoms with Crippen LogP contribution in [0.25, 0.3) is 0 Å². The molecule has 1 aromatic carbocycles. The number of aliphatic hydroxyl groups is 2. The number of rotatable bonds is 6. The predicted octanol–water partition coefficient (Wildman–Crippen LogP) is 1.50. The van der Waals surface area contributed by atoms with Crippen molar-refractivity contribution in [3.8, 4) is 0 Å². The van der Waals surface area contributed by atoms with E-state index in [2.05, 4.69) is 20.2 Å². The average Bonchev–Trinajstić information content (AvgIpc) is 3.21. The highest BCUT2D eigenvalue weighted by Gasteiger charge is 2.21. The first-order chi connectivity index (χ1) is 11.1. The number of benzene rings is 1. The Morgan fingerprint density at radius 3 is 2.78 bits per heavy atom. The molecule has 0 aliphatic heterocycles. The lowest BCUT2D eigenvalue weighted by Crippen LogP contribution is -2.22. The highest BCUT2D eigenvalue weighted by molar-refractivity contribution is 5.27. The molecule has 0 aliphatic rings. The van der Waals surface area contributed by atoms with Gasteiger partial charge in [-0.25, -0.2) is 9.37 Å². The van der Waals surface area contributed by atoms with Gasteiger partial charge < -0.3 is 15.2 Å². The maximum Gasteiger partial charge on any atom is 0.155 e. The van der Waals surface area contributed by atoms with Gasteiger partial charge in [0.05, 0.1) is 6.10 Å². The summed E-state index contributed by atoms with van der Waals surface area (Å²) in [6.07, 6.45) is 1.56. The summed E-state index contributed by atoms with van der Waals surface area (Å²) in [6.45, 7) is 0. The second kappa shape index (κ2) is 6.72. The zero-order chi connectivity index (χ0) is 16.2. The van der Waals surface area contributed by atoms with Crippen LogP contribution in [0.1, 0.15) is 28.7 Å². The Bertz CT molecular complexity index is 757. The number of aliphatic hydroxyl groups excluding tert-OH is 2. The maximum absolute atomic E-state index is 13.7. The molecule has 0 aliphatic carbocycles. The molecule has 3 rings (SSSR count). The van der Waals surface area contributed by atoms with Gasteiger partial charge in [0, 0.05) is 24.7 Å². The Morgan fingerprint density at radius 1 is 1.22 bits per heavy atom. The summed E-state index contributed by atoms with van der Waals surface area (Å²) in [6, 6.07) is 8.47. The molecule has 0 radical (unpaired) electrons. The van der Waals surface area contributed by atoms with E-state index in [0.29, 0.717) is 12.0 Å². The Morgan fingerprint density at radius 2 is 2.04 bits per heavy atom. The molecular formula is C16H17FN4O2. The molecule has 7 heteroatoms. The van der Waals surface area contributed by atoms with Crippen molar-refractivity contribution in [2.45, 2.75) is 25.0 Å². The zero-order valence-corrected chi connectivity index (χ0v) is 12.3. The highest BCUT2D eigenvalue weighted by atomic mass is 19.1. The molecule has 6 nitrogen and oxygen atoms in total. The van der Waals surface area contributed by atoms with Gasteiger partial charge in [0.25, 0.3) is 0 Å². The van der Waals surface area contributed by atoms with Gasteiger partial charge in [-0.05, 0) is 23.3 Å². The molecule has 0 saturated carbocycles. The van der Waals surface area contributed by atoms with E-state index in [1.807, 2.05) is 6.07 Å². The quantitative estimate of drug-likeness (QED) is 0.554. The van der Waals surface area contributed by atoms with Crippen molar-refractivity contribution in [3.05, 3.63) is 71.3 Å². The fourth-order valence-electron chi connectivity index (χ4n) is 2.45. The van der Waals surface area contributed by atoms with Gasteiger partial charge in [-0.3, -0.25) is 5.10 Å². The second-order valence-corrected chi connectivity index (χ2v) is 5.39. The van der Waals surface area contributed by atoms with Crippen LogP contribution >= 0.6 is 0 Å². The van der Waals surface area contributed by atoms with Crippen LogP contribution in [0.5, 0.6) is 0 Å². The standard InChI is InChI=1S/C16H17FN4O2/c17-13-4-2-1-3-11(13)5-10-6-12(18-8-10)7-14(22)15(23)16-19-9-20-21-16/h1-4,6,8-9,14-15,18,22-23H,5,7H2,(H,19,20,21). The molecule has 0 amide bonds. The third-order valence-corrected chi connectivity index (χ3v) is 3.66. The molecule has 23 heavy (non-hydrogen) atoms. The highest BCUT2D eigenvalue weighted by Crippen LogP contribution is 2.18. The van der Waals surface area contributed by atoms with E-state index in [0.717, 1.165) is 11.3 Å². The summed E-state index contributed by atoms with van der Waals surface area (Å²) < 4.78 is 13.7. The van der Waals surface area contributed by atoms with Crippen LogP contribution in [0.4, 0.5) is 4.39 Å². The van der Waals surface area contributed by atoms with Gasteiger partial charge in [-0.15, -0.1) is 0 Å². The van der Waals surface area contributed by atoms with E-state index in [1.54, 1.807) is 24.4 Å². The van der Waals surface area contributed by atoms with E-state index in [-0.39, 0.29) is 18.1 Å². The van der Waals surface area contributed by atoms with Crippen LogP contribution in [-0.2, 0) is 12.8 Å². The number of halogens is 1. The number of aromatic nitrogens is 4. The van der Waals surface area contributed by atoms with Gasteiger partial charge in [0.2, 0.25) is 0 Å². The summed E-state index contributed by atoms with van der Waals surface area (Å²) in [4.78, 5) is 6.86. The molecule has 2 unspecified atom stereocenters. The molecule has 2 heterocycles. The third-order valence-electron chi connectivity index (χ3n) is 3.66. The topological polar surface area (TPSA) is 97.8 Å². The van der Waals surface area contributed by atoms with Crippen LogP contribution in [-0.4, -0.2) is 36.5 Å². The molecule has 0 saturated heterocycles. The summed E-state index contributed by atoms with van der Waals surface area (Å²) in [7, 11) is 0. The lowest BCUT2D eigenvalue weighted by Gasteiger charge is -2.14. The Labute approximate surface area is 132 Å². The van der Waals surface area contributed by atoms with Crippen LogP contribution < -0.4 is 0 Å². The zero-order valence-electron chi connectivity index (χ0n) is 12.3. The first-order valence-corrected chi connectivity index (χ1v) is 7.24. The van der Waals surface area contributed by atoms with Gasteiger partial charge in [-0.2, -0.15) is 5.10 Å². The lowest BCUT2D eigenvalue weighted by molar-refractivity contribution is 0.0133. The summed E-state index contributed by atoms with van der Waals surface area (Å²) in [5.41, 5.74) is 2.27. The monoisotopic (exact) mass is 316 g/mol. The normalized spacial score (nSPS) is 13.9. The average molecular weight is 316 g/mol. The number of aromatic amines is 2. The summed E-state index contributed by atoms with van der Waals surface area (Å²) in [5.74, 6) is -0.0216. The molecule has 2 atom stereocenters. The molecule has 4 N–H and O–H groups in total. The molecule has 0 spiro atoms. The Kier molecular flexibility index (Phi) is 4.50. The summed E-state index contributed by atoms with van der Waals surface area (Å²) in [5, 5.41) is 26.2. The van der Waals surface area contributed by atoms with Crippen LogP contribution in [0.2, 0.25) is 0 Å². The lowest BCUT2D eigenvalue weighted by atomic mass is 10.0. The molecule has 120 valence electrons. The van der Waals surface area contributed by atoms with E-state index in [4.69, 9.17) is 0 Å². The van der Waals surface area contributed by atoms with E-state index in [9.17, 15) is 14.6 Å². The van der Waals surface area contributed by atoms with Gasteiger partial charge >= 0.3 is 0 Å². The largest absolute Gasteiger partial charge is 0.390 e. The van der Waals surface area contributed by atoms with Gasteiger partial charge in [-0.1, -0.05) is 18.2 Å². The van der Waals surface area contributed by atoms with Crippen LogP contribution in [0.15, 0.2) is 42.9 Å². The minimum atomic E-state index is -1.14. The van der Waals surface area contributed by atoms with Crippen molar-refractivity contribution in [2.75, 3.05) is 0 Å². The van der Waals surface area contributed by atoms with Crippen molar-refractivity contribution >= 4 is 0 Å². The van der Waals surface area contributed by atoms with E-state index in [1.165, 1.54) is 12.4 Å². The maximum atomic E-state index is 13.7. The molecule has 0 bridgehead atoms. The number of H-pyrrole nitrogens is 2. The molecular weight excluding hydrogens is 299 g/mol. The summed E-state index contributed by atoms with van der Waals surface area (Å²) >= 11 is 0. The number of nitrogens with one attached hydrogen (secondary N) is 2. The number of hydrogen-bond donors (Lipinski definition) is 4. The molecule has 2 aromatic heterocycles. The predicted molar refractivity (Wildman–Crippen MR) is 81.1 cm³/mol. The van der Waals surface area contributed by atoms with E-state index >= 15 is 0 Å². The van der Waals surface area contributed by atoms with Crippen LogP contribution in [0.3, 0.4) is 0 Å². The SMILES string of the molecule is OC(Cc1cc(Cc2ccccc2F)c[nH]1)C(O)c1ncn[nH]1. The second-order valence-electron chi connectivity index (χ2n) is 5.39. The fourth-order valence-corrected chi connectivity index (χ4v) is 2.45. The number of hydrogen-bond acceptors (Lipinski definition) is 4. The minimum Gasteiger partial charge on any atom is -0.390 e. The van der Waals surface area contributed by atoms with Crippen molar-refractivity contribution < 1.29 is 14.6 Å². The van der Waals surface area contributed by atoms with Crippen LogP contribution in [0, 0.1) is 5.82 Å². The fraction of sp³-hybridized carbons (Fsp3) is 0.250. The van der Waals surface area contributed by atoms with E-state index < -0.39 is 12.2 Å². The Hall–Kier alpha value is -2.51. The van der Waals surface area contributed by atoms with Crippen molar-refractivity contribution in [3.63, 3.8) is 0 Å². The first-order valence-electron chi connectivity index (χ1n) is 7.24. The van der Waals surface area contributed by atoms with Gasteiger partial charge in [0.1, 0.15) is 18.2 Å². The third kappa shape index (κ3) is 3.64. The van der Waals surface area contributed by atoms with Crippen molar-refractivity contribution in [2.24, 2.45) is 0 Å². The Balaban J connectivity index is 1.64. The number of nitrogens with zero attached hydrogens (tertiary/aromatic N) is 2. The van der Waals surface area contributed by atoms with Crippen molar-refractivity contribution in [1.29, 1.82) is 0 Å².